The lowest BCUT2D eigenvalue weighted by Gasteiger charge is -2.29. The Morgan fingerprint density at radius 2 is 1.43 bits per heavy atom. The summed E-state index contributed by atoms with van der Waals surface area (Å²) in [5, 5.41) is 4.89. The largest absolute Gasteiger partial charge is 0.494 e. The molecular formula is C30H46N4O8. The van der Waals surface area contributed by atoms with Gasteiger partial charge in [-0.25, -0.2) is 9.59 Å². The van der Waals surface area contributed by atoms with Crippen LogP contribution in [0.1, 0.15) is 91.1 Å². The second kappa shape index (κ2) is 14.4. The maximum absolute atomic E-state index is 13.0. The third-order valence-electron chi connectivity index (χ3n) is 5.32. The Morgan fingerprint density at radius 3 is 1.98 bits per heavy atom. The first-order chi connectivity index (χ1) is 19.3. The molecule has 0 saturated heterocycles. The summed E-state index contributed by atoms with van der Waals surface area (Å²) in [7, 11) is 0. The van der Waals surface area contributed by atoms with Gasteiger partial charge in [0.1, 0.15) is 29.1 Å². The predicted molar refractivity (Wildman–Crippen MR) is 158 cm³/mol. The fourth-order valence-electron chi connectivity index (χ4n) is 3.78. The molecule has 1 heterocycles. The topological polar surface area (TPSA) is 145 Å². The van der Waals surface area contributed by atoms with Crippen LogP contribution in [0.25, 0.3) is 0 Å². The first kappa shape index (κ1) is 34.4. The Kier molecular flexibility index (Phi) is 11.8. The standard InChI is InChI=1S/C30H46N4O8/c1-28(2,3)40-23(35)19-34-16-14-20-12-13-21(18-22(20)24(34)36)39-17-11-10-15-31-25(32-26(37)41-29(4,5)6)33-27(38)42-30(7,8)9/h12-13,18H,10-11,14-17,19H2,1-9H3,(H2,31,32,33,37,38). The zero-order valence-electron chi connectivity index (χ0n) is 26.3. The number of hydrogen-bond acceptors (Lipinski definition) is 9. The fraction of sp³-hybridized carbons (Fsp3) is 0.633. The number of carbonyl (C=O) groups is 4. The van der Waals surface area contributed by atoms with Crippen molar-refractivity contribution in [3.05, 3.63) is 29.3 Å². The van der Waals surface area contributed by atoms with Crippen molar-refractivity contribution in [2.45, 2.75) is 98.4 Å². The molecule has 234 valence electrons. The van der Waals surface area contributed by atoms with Crippen molar-refractivity contribution in [1.82, 2.24) is 15.5 Å². The van der Waals surface area contributed by atoms with Crippen LogP contribution in [0.15, 0.2) is 23.2 Å². The van der Waals surface area contributed by atoms with E-state index >= 15 is 0 Å². The van der Waals surface area contributed by atoms with E-state index in [4.69, 9.17) is 18.9 Å². The lowest BCUT2D eigenvalue weighted by atomic mass is 9.98. The molecule has 0 saturated carbocycles. The molecule has 2 rings (SSSR count). The zero-order valence-corrected chi connectivity index (χ0v) is 26.3. The van der Waals surface area contributed by atoms with E-state index in [0.29, 0.717) is 43.7 Å². The molecule has 0 aliphatic carbocycles. The van der Waals surface area contributed by atoms with Gasteiger partial charge in [-0.05, 0) is 99.3 Å². The van der Waals surface area contributed by atoms with Gasteiger partial charge in [0.05, 0.1) is 6.61 Å². The zero-order chi connectivity index (χ0) is 31.7. The number of rotatable bonds is 8. The number of aliphatic imine (C=N–C) groups is 1. The number of fused-ring (bicyclic) bond motifs is 1. The van der Waals surface area contributed by atoms with E-state index in [1.165, 1.54) is 4.90 Å². The van der Waals surface area contributed by atoms with Crippen molar-refractivity contribution in [1.29, 1.82) is 0 Å². The molecule has 42 heavy (non-hydrogen) atoms. The van der Waals surface area contributed by atoms with E-state index in [1.54, 1.807) is 68.4 Å². The molecule has 0 bridgehead atoms. The molecule has 3 amide bonds. The van der Waals surface area contributed by atoms with E-state index in [1.807, 2.05) is 12.1 Å². The number of esters is 1. The summed E-state index contributed by atoms with van der Waals surface area (Å²) in [6.45, 7) is 16.7. The van der Waals surface area contributed by atoms with E-state index in [-0.39, 0.29) is 25.0 Å². The average molecular weight is 591 g/mol. The van der Waals surface area contributed by atoms with Crippen molar-refractivity contribution in [3.63, 3.8) is 0 Å². The highest BCUT2D eigenvalue weighted by Gasteiger charge is 2.28. The van der Waals surface area contributed by atoms with Crippen LogP contribution in [0.5, 0.6) is 5.75 Å². The molecule has 0 fully saturated rings. The Balaban J connectivity index is 1.91. The van der Waals surface area contributed by atoms with Gasteiger partial charge in [-0.1, -0.05) is 6.07 Å². The molecule has 1 aliphatic rings. The highest BCUT2D eigenvalue weighted by molar-refractivity contribution is 6.01. The maximum atomic E-state index is 13.0. The van der Waals surface area contributed by atoms with Crippen molar-refractivity contribution in [2.75, 3.05) is 26.2 Å². The number of amides is 3. The second-order valence-electron chi connectivity index (χ2n) is 12.9. The summed E-state index contributed by atoms with van der Waals surface area (Å²) in [5.74, 6) is -0.211. The number of hydrogen-bond donors (Lipinski definition) is 2. The third-order valence-corrected chi connectivity index (χ3v) is 5.32. The minimum absolute atomic E-state index is 0.0800. The van der Waals surface area contributed by atoms with Crippen molar-refractivity contribution >= 4 is 30.0 Å². The quantitative estimate of drug-likeness (QED) is 0.147. The minimum atomic E-state index is -0.757. The fourth-order valence-corrected chi connectivity index (χ4v) is 3.78. The van der Waals surface area contributed by atoms with Crippen LogP contribution in [0, 0.1) is 0 Å². The van der Waals surface area contributed by atoms with Crippen LogP contribution in [0.3, 0.4) is 0 Å². The first-order valence-electron chi connectivity index (χ1n) is 14.1. The summed E-state index contributed by atoms with van der Waals surface area (Å²) < 4.78 is 21.7. The number of benzene rings is 1. The molecule has 0 spiro atoms. The van der Waals surface area contributed by atoms with Crippen molar-refractivity contribution in [2.24, 2.45) is 4.99 Å². The normalized spacial score (nSPS) is 13.5. The molecular weight excluding hydrogens is 544 g/mol. The van der Waals surface area contributed by atoms with Crippen LogP contribution < -0.4 is 15.4 Å². The highest BCUT2D eigenvalue weighted by atomic mass is 16.6. The monoisotopic (exact) mass is 590 g/mol. The molecule has 12 nitrogen and oxygen atoms in total. The molecule has 0 atom stereocenters. The average Bonchev–Trinajstić information content (AvgIpc) is 2.79. The number of ether oxygens (including phenoxy) is 4. The van der Waals surface area contributed by atoms with Gasteiger partial charge in [-0.15, -0.1) is 0 Å². The smallest absolute Gasteiger partial charge is 0.414 e. The van der Waals surface area contributed by atoms with Gasteiger partial charge in [0.2, 0.25) is 5.96 Å². The van der Waals surface area contributed by atoms with Crippen LogP contribution >= 0.6 is 0 Å². The first-order valence-corrected chi connectivity index (χ1v) is 14.1. The van der Waals surface area contributed by atoms with Gasteiger partial charge in [0.15, 0.2) is 0 Å². The molecule has 0 aromatic heterocycles. The molecule has 2 N–H and O–H groups in total. The molecule has 0 radical (unpaired) electrons. The van der Waals surface area contributed by atoms with E-state index in [9.17, 15) is 19.2 Å². The van der Waals surface area contributed by atoms with Gasteiger partial charge < -0.3 is 23.8 Å². The molecule has 1 aromatic rings. The Bertz CT molecular complexity index is 1130. The summed E-state index contributed by atoms with van der Waals surface area (Å²) in [4.78, 5) is 55.4. The van der Waals surface area contributed by atoms with E-state index < -0.39 is 35.0 Å². The molecule has 12 heteroatoms. The molecule has 1 aliphatic heterocycles. The number of nitrogens with zero attached hydrogens (tertiary/aromatic N) is 2. The lowest BCUT2D eigenvalue weighted by Crippen LogP contribution is -2.47. The second-order valence-corrected chi connectivity index (χ2v) is 12.9. The van der Waals surface area contributed by atoms with Crippen LogP contribution in [-0.2, 0) is 25.4 Å². The summed E-state index contributed by atoms with van der Waals surface area (Å²) >= 11 is 0. The third kappa shape index (κ3) is 13.2. The number of carbonyl (C=O) groups excluding carboxylic acids is 4. The summed E-state index contributed by atoms with van der Waals surface area (Å²) in [6.07, 6.45) is 0.327. The van der Waals surface area contributed by atoms with Gasteiger partial charge in [0.25, 0.3) is 5.91 Å². The van der Waals surface area contributed by atoms with E-state index in [0.717, 1.165) is 5.56 Å². The minimum Gasteiger partial charge on any atom is -0.494 e. The van der Waals surface area contributed by atoms with Gasteiger partial charge >= 0.3 is 18.2 Å². The lowest BCUT2D eigenvalue weighted by molar-refractivity contribution is -0.155. The van der Waals surface area contributed by atoms with E-state index in [2.05, 4.69) is 15.6 Å². The Labute approximate surface area is 248 Å². The van der Waals surface area contributed by atoms with Gasteiger partial charge in [-0.2, -0.15) is 0 Å². The number of guanidine groups is 1. The number of unbranched alkanes of at least 4 members (excludes halogenated alkanes) is 1. The summed E-state index contributed by atoms with van der Waals surface area (Å²) in [5.41, 5.74) is -0.653. The van der Waals surface area contributed by atoms with Crippen LogP contribution in [0.2, 0.25) is 0 Å². The van der Waals surface area contributed by atoms with Gasteiger partial charge in [0, 0.05) is 18.7 Å². The Morgan fingerprint density at radius 1 is 0.857 bits per heavy atom. The number of alkyl carbamates (subject to hydrolysis) is 2. The highest BCUT2D eigenvalue weighted by Crippen LogP contribution is 2.24. The van der Waals surface area contributed by atoms with Crippen LogP contribution in [0.4, 0.5) is 9.59 Å². The molecule has 1 aromatic carbocycles. The summed E-state index contributed by atoms with van der Waals surface area (Å²) in [6, 6.07) is 5.39. The Hall–Kier alpha value is -3.83. The van der Waals surface area contributed by atoms with Crippen molar-refractivity contribution < 1.29 is 38.1 Å². The predicted octanol–water partition coefficient (Wildman–Crippen LogP) is 4.59. The van der Waals surface area contributed by atoms with Crippen molar-refractivity contribution in [3.8, 4) is 5.75 Å². The van der Waals surface area contributed by atoms with Gasteiger partial charge in [-0.3, -0.25) is 25.2 Å². The van der Waals surface area contributed by atoms with Crippen LogP contribution in [-0.4, -0.2) is 78.0 Å². The molecule has 0 unspecified atom stereocenters. The maximum Gasteiger partial charge on any atom is 0.414 e. The SMILES string of the molecule is CC(C)(C)OC(=O)CN1CCc2ccc(OCCCCN=C(NC(=O)OC(C)(C)C)NC(=O)OC(C)(C)C)cc2C1=O. The number of nitrogens with one attached hydrogen (secondary N) is 2.